The highest BCUT2D eigenvalue weighted by molar-refractivity contribution is 9.10. The highest BCUT2D eigenvalue weighted by atomic mass is 79.9. The molecule has 0 amide bonds. The number of hydrogen-bond acceptors (Lipinski definition) is 7. The van der Waals surface area contributed by atoms with Gasteiger partial charge in [0.25, 0.3) is 10.0 Å². The molecule has 0 saturated heterocycles. The van der Waals surface area contributed by atoms with E-state index in [1.165, 1.54) is 31.4 Å². The molecule has 0 unspecified atom stereocenters. The molecule has 192 valence electrons. The number of allylic oxidation sites excluding steroid dienone is 1. The SMILES string of the molecule is COc1ccc(NS(=O)(=O)c2cccc(N=N/C(C(=O)c3ccccc3)=C(\O)c3ccccc3)c2)cc1Br. The molecule has 4 aromatic rings. The van der Waals surface area contributed by atoms with Crippen LogP contribution in [0.5, 0.6) is 5.75 Å². The van der Waals surface area contributed by atoms with E-state index in [-0.39, 0.29) is 22.0 Å². The molecule has 10 heteroatoms. The van der Waals surface area contributed by atoms with Crippen LogP contribution in [0.3, 0.4) is 0 Å². The minimum absolute atomic E-state index is 0.0620. The van der Waals surface area contributed by atoms with Gasteiger partial charge >= 0.3 is 0 Å². The standard InChI is InChI=1S/C28H22BrN3O5S/c1-37-25-16-15-22(18-24(25)29)32-38(35,36)23-14-8-13-21(17-23)30-31-26(27(33)19-9-4-2-5-10-19)28(34)20-11-6-3-7-12-20/h2-18,32-33H,1H3/b27-26-,31-30?. The van der Waals surface area contributed by atoms with Gasteiger partial charge in [-0.3, -0.25) is 9.52 Å². The van der Waals surface area contributed by atoms with Gasteiger partial charge in [0.2, 0.25) is 5.78 Å². The third kappa shape index (κ3) is 6.34. The van der Waals surface area contributed by atoms with Crippen molar-refractivity contribution < 1.29 is 23.1 Å². The van der Waals surface area contributed by atoms with Crippen LogP contribution in [0.4, 0.5) is 11.4 Å². The summed E-state index contributed by atoms with van der Waals surface area (Å²) in [6, 6.07) is 27.4. The molecule has 0 aliphatic rings. The van der Waals surface area contributed by atoms with Crippen molar-refractivity contribution in [2.75, 3.05) is 11.8 Å². The number of benzene rings is 4. The molecule has 4 rings (SSSR count). The first kappa shape index (κ1) is 26.8. The molecule has 0 aromatic heterocycles. The van der Waals surface area contributed by atoms with Crippen molar-refractivity contribution in [2.24, 2.45) is 10.2 Å². The maximum absolute atomic E-state index is 13.2. The van der Waals surface area contributed by atoms with Crippen LogP contribution < -0.4 is 9.46 Å². The van der Waals surface area contributed by atoms with E-state index >= 15 is 0 Å². The predicted octanol–water partition coefficient (Wildman–Crippen LogP) is 7.15. The van der Waals surface area contributed by atoms with Crippen molar-refractivity contribution in [3.05, 3.63) is 124 Å². The first-order chi connectivity index (χ1) is 18.3. The average Bonchev–Trinajstić information content (AvgIpc) is 2.94. The van der Waals surface area contributed by atoms with E-state index in [1.54, 1.807) is 78.9 Å². The van der Waals surface area contributed by atoms with Gasteiger partial charge in [-0.2, -0.15) is 5.11 Å². The molecular weight excluding hydrogens is 570 g/mol. The van der Waals surface area contributed by atoms with E-state index in [0.717, 1.165) is 0 Å². The lowest BCUT2D eigenvalue weighted by Crippen LogP contribution is -2.12. The third-order valence-electron chi connectivity index (χ3n) is 5.32. The number of carbonyl (C=O) groups excluding carboxylic acids is 1. The minimum atomic E-state index is -3.97. The van der Waals surface area contributed by atoms with E-state index < -0.39 is 15.8 Å². The van der Waals surface area contributed by atoms with Crippen LogP contribution in [0.1, 0.15) is 15.9 Å². The first-order valence-corrected chi connectivity index (χ1v) is 13.5. The molecule has 0 saturated carbocycles. The van der Waals surface area contributed by atoms with Crippen molar-refractivity contribution >= 4 is 48.9 Å². The summed E-state index contributed by atoms with van der Waals surface area (Å²) in [6.45, 7) is 0. The lowest BCUT2D eigenvalue weighted by atomic mass is 10.1. The lowest BCUT2D eigenvalue weighted by molar-refractivity contribution is 0.103. The van der Waals surface area contributed by atoms with Crippen LogP contribution in [0.15, 0.2) is 128 Å². The number of azo groups is 1. The topological polar surface area (TPSA) is 117 Å². The van der Waals surface area contributed by atoms with Gasteiger partial charge in [0.05, 0.1) is 27.9 Å². The van der Waals surface area contributed by atoms with Crippen molar-refractivity contribution in [3.8, 4) is 5.75 Å². The second-order valence-electron chi connectivity index (χ2n) is 7.91. The zero-order valence-electron chi connectivity index (χ0n) is 20.1. The normalized spacial score (nSPS) is 12.2. The fourth-order valence-electron chi connectivity index (χ4n) is 3.42. The number of Topliss-reactive ketones (excluding diaryl/α,β-unsaturated/α-hetero) is 1. The summed E-state index contributed by atoms with van der Waals surface area (Å²) in [7, 11) is -2.46. The predicted molar refractivity (Wildman–Crippen MR) is 149 cm³/mol. The zero-order valence-corrected chi connectivity index (χ0v) is 22.5. The van der Waals surface area contributed by atoms with Gasteiger partial charge in [0.15, 0.2) is 11.5 Å². The Morgan fingerprint density at radius 1 is 0.868 bits per heavy atom. The number of rotatable bonds is 9. The Hall–Kier alpha value is -4.28. The van der Waals surface area contributed by atoms with Crippen molar-refractivity contribution in [2.45, 2.75) is 4.90 Å². The van der Waals surface area contributed by atoms with Gasteiger partial charge in [0, 0.05) is 11.1 Å². The summed E-state index contributed by atoms with van der Waals surface area (Å²) in [5.41, 5.74) is 0.920. The molecular formula is C28H22BrN3O5S. The van der Waals surface area contributed by atoms with Crippen molar-refractivity contribution in [1.82, 2.24) is 0 Å². The second kappa shape index (κ2) is 11.8. The number of aliphatic hydroxyl groups is 1. The molecule has 0 heterocycles. The summed E-state index contributed by atoms with van der Waals surface area (Å²) >= 11 is 3.33. The van der Waals surface area contributed by atoms with Crippen LogP contribution in [0.2, 0.25) is 0 Å². The Bertz CT molecular complexity index is 1620. The number of carbonyl (C=O) groups is 1. The number of anilines is 1. The fourth-order valence-corrected chi connectivity index (χ4v) is 5.05. The summed E-state index contributed by atoms with van der Waals surface area (Å²) in [4.78, 5) is 13.1. The van der Waals surface area contributed by atoms with E-state index in [1.807, 2.05) is 0 Å². The monoisotopic (exact) mass is 591 g/mol. The van der Waals surface area contributed by atoms with E-state index in [2.05, 4.69) is 30.9 Å². The van der Waals surface area contributed by atoms with Gasteiger partial charge in [-0.05, 0) is 52.3 Å². The number of nitrogens with zero attached hydrogens (tertiary/aromatic N) is 2. The van der Waals surface area contributed by atoms with Crippen LogP contribution in [0.25, 0.3) is 5.76 Å². The van der Waals surface area contributed by atoms with Crippen molar-refractivity contribution in [3.63, 3.8) is 0 Å². The molecule has 2 N–H and O–H groups in total. The Kier molecular flexibility index (Phi) is 8.35. The number of methoxy groups -OCH3 is 1. The largest absolute Gasteiger partial charge is 0.505 e. The van der Waals surface area contributed by atoms with Crippen LogP contribution in [-0.4, -0.2) is 26.4 Å². The van der Waals surface area contributed by atoms with Gasteiger partial charge in [-0.1, -0.05) is 66.7 Å². The summed E-state index contributed by atoms with van der Waals surface area (Å²) in [5, 5.41) is 19.0. The zero-order chi connectivity index (χ0) is 27.1. The fraction of sp³-hybridized carbons (Fsp3) is 0.0357. The summed E-state index contributed by atoms with van der Waals surface area (Å²) in [5.74, 6) is -0.326. The average molecular weight is 592 g/mol. The number of ketones is 1. The van der Waals surface area contributed by atoms with Gasteiger partial charge in [0.1, 0.15) is 5.75 Å². The number of nitrogens with one attached hydrogen (secondary N) is 1. The Morgan fingerprint density at radius 2 is 1.53 bits per heavy atom. The maximum atomic E-state index is 13.2. The number of hydrogen-bond donors (Lipinski definition) is 2. The third-order valence-corrected chi connectivity index (χ3v) is 7.32. The maximum Gasteiger partial charge on any atom is 0.261 e. The summed E-state index contributed by atoms with van der Waals surface area (Å²) < 4.78 is 34.3. The lowest BCUT2D eigenvalue weighted by Gasteiger charge is -2.10. The smallest absolute Gasteiger partial charge is 0.261 e. The minimum Gasteiger partial charge on any atom is -0.505 e. The van der Waals surface area contributed by atoms with Crippen LogP contribution in [0, 0.1) is 0 Å². The molecule has 4 aromatic carbocycles. The van der Waals surface area contributed by atoms with Gasteiger partial charge in [-0.15, -0.1) is 5.11 Å². The first-order valence-electron chi connectivity index (χ1n) is 11.2. The van der Waals surface area contributed by atoms with Gasteiger partial charge in [-0.25, -0.2) is 8.42 Å². The highest BCUT2D eigenvalue weighted by Gasteiger charge is 2.19. The second-order valence-corrected chi connectivity index (χ2v) is 10.4. The molecule has 8 nitrogen and oxygen atoms in total. The van der Waals surface area contributed by atoms with Crippen molar-refractivity contribution in [1.29, 1.82) is 0 Å². The van der Waals surface area contributed by atoms with E-state index in [4.69, 9.17) is 4.74 Å². The molecule has 0 radical (unpaired) electrons. The summed E-state index contributed by atoms with van der Waals surface area (Å²) in [6.07, 6.45) is 0. The molecule has 0 aliphatic heterocycles. The number of sulfonamides is 1. The Balaban J connectivity index is 1.66. The highest BCUT2D eigenvalue weighted by Crippen LogP contribution is 2.30. The molecule has 0 atom stereocenters. The Morgan fingerprint density at radius 3 is 2.16 bits per heavy atom. The van der Waals surface area contributed by atoms with Crippen LogP contribution >= 0.6 is 15.9 Å². The number of halogens is 1. The van der Waals surface area contributed by atoms with Gasteiger partial charge < -0.3 is 9.84 Å². The molecule has 0 spiro atoms. The van der Waals surface area contributed by atoms with E-state index in [9.17, 15) is 18.3 Å². The number of ether oxygens (including phenoxy) is 1. The molecule has 38 heavy (non-hydrogen) atoms. The quantitative estimate of drug-likeness (QED) is 0.0927. The molecule has 0 bridgehead atoms. The van der Waals surface area contributed by atoms with E-state index in [0.29, 0.717) is 27.0 Å². The number of aliphatic hydroxyl groups excluding tert-OH is 1. The molecule has 0 aliphatic carbocycles. The Labute approximate surface area is 228 Å². The van der Waals surface area contributed by atoms with Crippen LogP contribution in [-0.2, 0) is 10.0 Å². The molecule has 0 fully saturated rings.